The lowest BCUT2D eigenvalue weighted by Gasteiger charge is -2.21. The Hall–Kier alpha value is -5.16. The Labute approximate surface area is 485 Å². The SMILES string of the molecule is CC/C=C\C/C=C\C/C=C\C/C=C\C/C=C\CCCCCC(=O)OCC(COP(=O)(O)OCC(CO)OC(=O)CCCC/C=C\C/C=C\C/C=C\C/C=C\CC)OC(=O)CCCCC/C=C\C/C=C\C/C=C\C/C=C\C/C=C\CC. The summed E-state index contributed by atoms with van der Waals surface area (Å²) in [6, 6.07) is 0. The van der Waals surface area contributed by atoms with Crippen molar-refractivity contribution < 1.29 is 52.2 Å². The van der Waals surface area contributed by atoms with Crippen LogP contribution in [0, 0.1) is 0 Å². The van der Waals surface area contributed by atoms with Crippen molar-refractivity contribution in [1.29, 1.82) is 0 Å². The summed E-state index contributed by atoms with van der Waals surface area (Å²) in [5.41, 5.74) is 0. The topological polar surface area (TPSA) is 155 Å². The highest BCUT2D eigenvalue weighted by atomic mass is 31.2. The van der Waals surface area contributed by atoms with E-state index < -0.39 is 57.8 Å². The maximum Gasteiger partial charge on any atom is 0.472 e. The van der Waals surface area contributed by atoms with Crippen LogP contribution >= 0.6 is 7.82 Å². The third-order valence-corrected chi connectivity index (χ3v) is 12.6. The molecular formula is C68H105O11P. The van der Waals surface area contributed by atoms with Crippen molar-refractivity contribution in [2.45, 2.75) is 213 Å². The summed E-state index contributed by atoms with van der Waals surface area (Å²) in [6.07, 6.45) is 80.3. The average molecular weight is 1130 g/mol. The summed E-state index contributed by atoms with van der Waals surface area (Å²) >= 11 is 0. The van der Waals surface area contributed by atoms with Crippen LogP contribution in [0.4, 0.5) is 0 Å². The smallest absolute Gasteiger partial charge is 0.462 e. The number of aliphatic hydroxyl groups excluding tert-OH is 1. The predicted octanol–water partition coefficient (Wildman–Crippen LogP) is 18.2. The van der Waals surface area contributed by atoms with E-state index in [9.17, 15) is 28.9 Å². The van der Waals surface area contributed by atoms with Crippen LogP contribution in [-0.4, -0.2) is 66.5 Å². The number of ether oxygens (including phenoxy) is 3. The minimum atomic E-state index is -4.79. The van der Waals surface area contributed by atoms with E-state index >= 15 is 0 Å². The third kappa shape index (κ3) is 57.5. The van der Waals surface area contributed by atoms with Gasteiger partial charge in [-0.25, -0.2) is 4.57 Å². The van der Waals surface area contributed by atoms with Crippen LogP contribution in [0.25, 0.3) is 0 Å². The molecule has 0 saturated heterocycles. The molecule has 12 heteroatoms. The average Bonchev–Trinajstić information content (AvgIpc) is 3.45. The molecule has 0 bridgehead atoms. The molecule has 0 fully saturated rings. The Morgan fingerprint density at radius 2 is 0.613 bits per heavy atom. The minimum Gasteiger partial charge on any atom is -0.462 e. The number of hydrogen-bond acceptors (Lipinski definition) is 10. The van der Waals surface area contributed by atoms with Gasteiger partial charge in [0.2, 0.25) is 0 Å². The van der Waals surface area contributed by atoms with Crippen molar-refractivity contribution in [3.05, 3.63) is 170 Å². The van der Waals surface area contributed by atoms with Gasteiger partial charge in [0.25, 0.3) is 0 Å². The van der Waals surface area contributed by atoms with Gasteiger partial charge in [-0.2, -0.15) is 0 Å². The maximum absolute atomic E-state index is 12.9. The van der Waals surface area contributed by atoms with E-state index in [2.05, 4.69) is 191 Å². The summed E-state index contributed by atoms with van der Waals surface area (Å²) in [6.45, 7) is 4.15. The van der Waals surface area contributed by atoms with E-state index in [-0.39, 0.29) is 25.9 Å². The van der Waals surface area contributed by atoms with E-state index in [0.717, 1.165) is 141 Å². The van der Waals surface area contributed by atoms with Crippen LogP contribution in [0.1, 0.15) is 201 Å². The maximum atomic E-state index is 12.9. The number of unbranched alkanes of at least 4 members (excludes halogenated alkanes) is 8. The molecule has 0 aromatic carbocycles. The van der Waals surface area contributed by atoms with E-state index in [0.29, 0.717) is 19.3 Å². The number of hydrogen-bond donors (Lipinski definition) is 2. The second kappa shape index (κ2) is 59.9. The second-order valence-electron chi connectivity index (χ2n) is 19.0. The van der Waals surface area contributed by atoms with Gasteiger partial charge in [-0.3, -0.25) is 23.4 Å². The largest absolute Gasteiger partial charge is 0.472 e. The second-order valence-corrected chi connectivity index (χ2v) is 20.5. The summed E-state index contributed by atoms with van der Waals surface area (Å²) in [4.78, 5) is 48.6. The quantitative estimate of drug-likeness (QED) is 0.0197. The molecule has 0 amide bonds. The molecule has 0 heterocycles. The van der Waals surface area contributed by atoms with Gasteiger partial charge in [0, 0.05) is 19.3 Å². The van der Waals surface area contributed by atoms with Crippen molar-refractivity contribution in [3.8, 4) is 0 Å². The van der Waals surface area contributed by atoms with E-state index in [1.807, 2.05) is 0 Å². The molecule has 0 aliphatic heterocycles. The predicted molar refractivity (Wildman–Crippen MR) is 334 cm³/mol. The van der Waals surface area contributed by atoms with E-state index in [1.54, 1.807) is 0 Å². The first-order chi connectivity index (χ1) is 39.2. The summed E-state index contributed by atoms with van der Waals surface area (Å²) in [7, 11) is -4.79. The molecular weight excluding hydrogens is 1020 g/mol. The molecule has 448 valence electrons. The Kier molecular flexibility index (Phi) is 56.1. The fourth-order valence-electron chi connectivity index (χ4n) is 7.16. The van der Waals surface area contributed by atoms with Crippen molar-refractivity contribution >= 4 is 25.7 Å². The molecule has 0 aliphatic rings. The molecule has 3 atom stereocenters. The normalized spacial score (nSPS) is 14.5. The first-order valence-electron chi connectivity index (χ1n) is 30.0. The molecule has 0 aliphatic carbocycles. The summed E-state index contributed by atoms with van der Waals surface area (Å²) < 4.78 is 39.5. The zero-order valence-corrected chi connectivity index (χ0v) is 50.4. The lowest BCUT2D eigenvalue weighted by atomic mass is 10.1. The van der Waals surface area contributed by atoms with E-state index in [4.69, 9.17) is 23.3 Å². The van der Waals surface area contributed by atoms with Gasteiger partial charge < -0.3 is 24.2 Å². The van der Waals surface area contributed by atoms with Crippen molar-refractivity contribution in [1.82, 2.24) is 0 Å². The Balaban J connectivity index is 4.92. The van der Waals surface area contributed by atoms with Crippen LogP contribution < -0.4 is 0 Å². The lowest BCUT2D eigenvalue weighted by molar-refractivity contribution is -0.161. The molecule has 0 rings (SSSR count). The number of esters is 3. The molecule has 0 aromatic rings. The Morgan fingerprint density at radius 3 is 0.938 bits per heavy atom. The number of carbonyl (C=O) groups excluding carboxylic acids is 3. The Bertz CT molecular complexity index is 1990. The summed E-state index contributed by atoms with van der Waals surface area (Å²) in [5.74, 6) is -1.61. The van der Waals surface area contributed by atoms with Crippen LogP contribution in [0.5, 0.6) is 0 Å². The standard InChI is InChI=1S/C68H105O11P/c1-4-7-10-13-16-19-22-25-28-30-32-34-37-39-42-45-48-51-54-57-66(70)75-61-65(79-68(72)59-56-53-50-47-44-41-38-35-33-31-29-26-23-20-17-14-11-8-5-2)63-77-80(73,74)76-62-64(60-69)78-67(71)58-55-52-49-46-43-40-36-27-24-21-18-15-12-9-6-3/h7-12,16-21,25-29,32-36,39,41-44,46,64-65,69H,4-6,13-15,22-24,30-31,37-38,40,45,47-63H2,1-3H3,(H,73,74)/b10-7-,11-8-,12-9-,19-16-,20-17-,21-18-,28-25-,29-26-,34-32-,35-33-,36-27-,42-39-,44-41-,46-43-. The van der Waals surface area contributed by atoms with Crippen molar-refractivity contribution in [3.63, 3.8) is 0 Å². The fraction of sp³-hybridized carbons (Fsp3) is 0.544. The van der Waals surface area contributed by atoms with E-state index in [1.165, 1.54) is 0 Å². The van der Waals surface area contributed by atoms with Gasteiger partial charge in [-0.1, -0.05) is 204 Å². The third-order valence-electron chi connectivity index (χ3n) is 11.6. The van der Waals surface area contributed by atoms with Gasteiger partial charge in [0.05, 0.1) is 19.8 Å². The zero-order chi connectivity index (χ0) is 58.3. The van der Waals surface area contributed by atoms with Crippen molar-refractivity contribution in [2.24, 2.45) is 0 Å². The van der Waals surface area contributed by atoms with Gasteiger partial charge in [0.1, 0.15) is 12.7 Å². The Morgan fingerprint density at radius 1 is 0.350 bits per heavy atom. The first kappa shape index (κ1) is 74.8. The number of carbonyl (C=O) groups is 3. The molecule has 2 N–H and O–H groups in total. The fourth-order valence-corrected chi connectivity index (χ4v) is 7.95. The molecule has 11 nitrogen and oxygen atoms in total. The van der Waals surface area contributed by atoms with Crippen molar-refractivity contribution in [2.75, 3.05) is 26.4 Å². The van der Waals surface area contributed by atoms with Crippen LogP contribution in [0.3, 0.4) is 0 Å². The number of phosphoric ester groups is 1. The molecule has 80 heavy (non-hydrogen) atoms. The lowest BCUT2D eigenvalue weighted by Crippen LogP contribution is -2.30. The highest BCUT2D eigenvalue weighted by molar-refractivity contribution is 7.47. The van der Waals surface area contributed by atoms with Gasteiger partial charge >= 0.3 is 25.7 Å². The van der Waals surface area contributed by atoms with Gasteiger partial charge in [-0.05, 0) is 148 Å². The number of rotatable bonds is 53. The van der Waals surface area contributed by atoms with Gasteiger partial charge in [-0.15, -0.1) is 0 Å². The molecule has 3 unspecified atom stereocenters. The highest BCUT2D eigenvalue weighted by Gasteiger charge is 2.28. The van der Waals surface area contributed by atoms with Crippen LogP contribution in [-0.2, 0) is 42.2 Å². The number of allylic oxidation sites excluding steroid dienone is 28. The monoisotopic (exact) mass is 1130 g/mol. The first-order valence-corrected chi connectivity index (χ1v) is 31.5. The molecule has 0 spiro atoms. The molecule has 0 saturated carbocycles. The molecule has 0 radical (unpaired) electrons. The van der Waals surface area contributed by atoms with Crippen LogP contribution in [0.2, 0.25) is 0 Å². The molecule has 0 aromatic heterocycles. The summed E-state index contributed by atoms with van der Waals surface area (Å²) in [5, 5.41) is 9.83. The zero-order valence-electron chi connectivity index (χ0n) is 49.5. The minimum absolute atomic E-state index is 0.106. The highest BCUT2D eigenvalue weighted by Crippen LogP contribution is 2.43. The number of aliphatic hydroxyl groups is 1. The number of phosphoric acid groups is 1. The van der Waals surface area contributed by atoms with Gasteiger partial charge in [0.15, 0.2) is 6.10 Å². The van der Waals surface area contributed by atoms with Crippen LogP contribution in [0.15, 0.2) is 170 Å².